The molecule has 5 nitrogen and oxygen atoms in total. The first-order chi connectivity index (χ1) is 10.6. The molecule has 0 fully saturated rings. The van der Waals surface area contributed by atoms with Gasteiger partial charge in [0.1, 0.15) is 5.82 Å². The van der Waals surface area contributed by atoms with Crippen molar-refractivity contribution in [1.82, 2.24) is 10.2 Å². The second-order valence-corrected chi connectivity index (χ2v) is 5.36. The lowest BCUT2D eigenvalue weighted by atomic mass is 10.1. The lowest BCUT2D eigenvalue weighted by Crippen LogP contribution is -2.15. The van der Waals surface area contributed by atoms with E-state index in [2.05, 4.69) is 27.8 Å². The molecule has 1 aromatic carbocycles. The van der Waals surface area contributed by atoms with Crippen LogP contribution >= 0.6 is 0 Å². The molecule has 0 radical (unpaired) electrons. The van der Waals surface area contributed by atoms with Crippen LogP contribution in [-0.2, 0) is 0 Å². The SMILES string of the molecule is CCCCNc1ccc(C(=O)Nc2cc(C)ccc2C)nn1. The molecule has 2 aromatic rings. The van der Waals surface area contributed by atoms with Crippen LogP contribution in [0.3, 0.4) is 0 Å². The highest BCUT2D eigenvalue weighted by Gasteiger charge is 2.10. The van der Waals surface area contributed by atoms with Gasteiger partial charge in [0, 0.05) is 12.2 Å². The van der Waals surface area contributed by atoms with Gasteiger partial charge in [-0.15, -0.1) is 10.2 Å². The van der Waals surface area contributed by atoms with E-state index in [1.165, 1.54) is 0 Å². The number of aromatic nitrogens is 2. The summed E-state index contributed by atoms with van der Waals surface area (Å²) in [6.45, 7) is 6.94. The van der Waals surface area contributed by atoms with Crippen molar-refractivity contribution in [2.75, 3.05) is 17.2 Å². The van der Waals surface area contributed by atoms with Crippen molar-refractivity contribution in [3.63, 3.8) is 0 Å². The van der Waals surface area contributed by atoms with Crippen molar-refractivity contribution in [3.8, 4) is 0 Å². The normalized spacial score (nSPS) is 10.3. The summed E-state index contributed by atoms with van der Waals surface area (Å²) in [6.07, 6.45) is 2.20. The monoisotopic (exact) mass is 298 g/mol. The van der Waals surface area contributed by atoms with E-state index in [4.69, 9.17) is 0 Å². The maximum absolute atomic E-state index is 12.2. The van der Waals surface area contributed by atoms with Gasteiger partial charge < -0.3 is 10.6 Å². The van der Waals surface area contributed by atoms with Crippen LogP contribution in [0, 0.1) is 13.8 Å². The fourth-order valence-electron chi connectivity index (χ4n) is 2.00. The van der Waals surface area contributed by atoms with Crippen LogP contribution in [0.2, 0.25) is 0 Å². The number of nitrogens with zero attached hydrogens (tertiary/aromatic N) is 2. The van der Waals surface area contributed by atoms with E-state index in [0.29, 0.717) is 11.5 Å². The molecule has 2 rings (SSSR count). The van der Waals surface area contributed by atoms with Crippen molar-refractivity contribution >= 4 is 17.4 Å². The van der Waals surface area contributed by atoms with E-state index in [9.17, 15) is 4.79 Å². The summed E-state index contributed by atoms with van der Waals surface area (Å²) >= 11 is 0. The molecular weight excluding hydrogens is 276 g/mol. The van der Waals surface area contributed by atoms with Crippen LogP contribution < -0.4 is 10.6 Å². The minimum Gasteiger partial charge on any atom is -0.369 e. The Balaban J connectivity index is 2.02. The molecule has 0 bridgehead atoms. The molecule has 0 atom stereocenters. The lowest BCUT2D eigenvalue weighted by molar-refractivity contribution is 0.102. The summed E-state index contributed by atoms with van der Waals surface area (Å²) in [5.41, 5.74) is 3.23. The van der Waals surface area contributed by atoms with Gasteiger partial charge in [-0.05, 0) is 49.6 Å². The molecule has 0 saturated heterocycles. The Labute approximate surface area is 131 Å². The molecule has 0 spiro atoms. The third-order valence-electron chi connectivity index (χ3n) is 3.37. The largest absolute Gasteiger partial charge is 0.369 e. The fraction of sp³-hybridized carbons (Fsp3) is 0.353. The van der Waals surface area contributed by atoms with Crippen molar-refractivity contribution in [2.45, 2.75) is 33.6 Å². The number of unbranched alkanes of at least 4 members (excludes halogenated alkanes) is 1. The second kappa shape index (κ2) is 7.54. The third-order valence-corrected chi connectivity index (χ3v) is 3.37. The smallest absolute Gasteiger partial charge is 0.276 e. The van der Waals surface area contributed by atoms with Gasteiger partial charge in [-0.3, -0.25) is 4.79 Å². The second-order valence-electron chi connectivity index (χ2n) is 5.36. The molecule has 0 aliphatic heterocycles. The molecule has 5 heteroatoms. The van der Waals surface area contributed by atoms with E-state index in [0.717, 1.165) is 36.2 Å². The summed E-state index contributed by atoms with van der Waals surface area (Å²) in [6, 6.07) is 9.41. The van der Waals surface area contributed by atoms with E-state index >= 15 is 0 Å². The number of nitrogens with one attached hydrogen (secondary N) is 2. The summed E-state index contributed by atoms with van der Waals surface area (Å²) in [4.78, 5) is 12.2. The first kappa shape index (κ1) is 15.9. The predicted molar refractivity (Wildman–Crippen MR) is 89.3 cm³/mol. The molecule has 1 aromatic heterocycles. The first-order valence-corrected chi connectivity index (χ1v) is 7.56. The highest BCUT2D eigenvalue weighted by molar-refractivity contribution is 6.03. The Kier molecular flexibility index (Phi) is 5.47. The zero-order valence-corrected chi connectivity index (χ0v) is 13.3. The number of carbonyl (C=O) groups excluding carboxylic acids is 1. The van der Waals surface area contributed by atoms with Crippen LogP contribution in [0.25, 0.3) is 0 Å². The number of hydrogen-bond acceptors (Lipinski definition) is 4. The third kappa shape index (κ3) is 4.28. The van der Waals surface area contributed by atoms with Gasteiger partial charge in [-0.1, -0.05) is 25.5 Å². The van der Waals surface area contributed by atoms with Crippen molar-refractivity contribution in [1.29, 1.82) is 0 Å². The minimum atomic E-state index is -0.249. The standard InChI is InChI=1S/C17H22N4O/c1-4-5-10-18-16-9-8-14(20-21-16)17(22)19-15-11-12(2)6-7-13(15)3/h6-9,11H,4-5,10H2,1-3H3,(H,18,21)(H,19,22). The Morgan fingerprint density at radius 3 is 2.64 bits per heavy atom. The van der Waals surface area contributed by atoms with Crippen molar-refractivity contribution < 1.29 is 4.79 Å². The van der Waals surface area contributed by atoms with Gasteiger partial charge in [0.15, 0.2) is 5.69 Å². The summed E-state index contributed by atoms with van der Waals surface area (Å²) in [5, 5.41) is 14.1. The molecule has 1 heterocycles. The van der Waals surface area contributed by atoms with Gasteiger partial charge >= 0.3 is 0 Å². The topological polar surface area (TPSA) is 66.9 Å². The molecule has 2 N–H and O–H groups in total. The average molecular weight is 298 g/mol. The highest BCUT2D eigenvalue weighted by atomic mass is 16.1. The Bertz CT molecular complexity index is 638. The van der Waals surface area contributed by atoms with E-state index in [1.54, 1.807) is 12.1 Å². The number of aryl methyl sites for hydroxylation is 2. The van der Waals surface area contributed by atoms with E-state index < -0.39 is 0 Å². The molecule has 0 unspecified atom stereocenters. The summed E-state index contributed by atoms with van der Waals surface area (Å²) in [7, 11) is 0. The lowest BCUT2D eigenvalue weighted by Gasteiger charge is -2.09. The highest BCUT2D eigenvalue weighted by Crippen LogP contribution is 2.17. The van der Waals surface area contributed by atoms with Gasteiger partial charge in [0.2, 0.25) is 0 Å². The number of rotatable bonds is 6. The molecule has 116 valence electrons. The molecule has 22 heavy (non-hydrogen) atoms. The van der Waals surface area contributed by atoms with Crippen LogP contribution in [0.15, 0.2) is 30.3 Å². The summed E-state index contributed by atoms with van der Waals surface area (Å²) in [5.74, 6) is 0.443. The van der Waals surface area contributed by atoms with Crippen LogP contribution in [-0.4, -0.2) is 22.6 Å². The molecular formula is C17H22N4O. The fourth-order valence-corrected chi connectivity index (χ4v) is 2.00. The minimum absolute atomic E-state index is 0.249. The molecule has 0 aliphatic rings. The molecule has 0 saturated carbocycles. The van der Waals surface area contributed by atoms with Gasteiger partial charge in [0.05, 0.1) is 0 Å². The zero-order valence-electron chi connectivity index (χ0n) is 13.3. The Hall–Kier alpha value is -2.43. The van der Waals surface area contributed by atoms with Crippen molar-refractivity contribution in [3.05, 3.63) is 47.2 Å². The number of amides is 1. The zero-order chi connectivity index (χ0) is 15.9. The Morgan fingerprint density at radius 1 is 1.14 bits per heavy atom. The number of carbonyl (C=O) groups is 1. The van der Waals surface area contributed by atoms with Crippen molar-refractivity contribution in [2.24, 2.45) is 0 Å². The van der Waals surface area contributed by atoms with E-state index in [1.807, 2.05) is 32.0 Å². The first-order valence-electron chi connectivity index (χ1n) is 7.56. The van der Waals surface area contributed by atoms with Gasteiger partial charge in [-0.2, -0.15) is 0 Å². The Morgan fingerprint density at radius 2 is 1.95 bits per heavy atom. The predicted octanol–water partition coefficient (Wildman–Crippen LogP) is 3.56. The molecule has 1 amide bonds. The number of anilines is 2. The quantitative estimate of drug-likeness (QED) is 0.800. The molecule has 0 aliphatic carbocycles. The van der Waals surface area contributed by atoms with Gasteiger partial charge in [-0.25, -0.2) is 0 Å². The van der Waals surface area contributed by atoms with Gasteiger partial charge in [0.25, 0.3) is 5.91 Å². The van der Waals surface area contributed by atoms with Crippen LogP contribution in [0.1, 0.15) is 41.4 Å². The number of hydrogen-bond donors (Lipinski definition) is 2. The van der Waals surface area contributed by atoms with Crippen LogP contribution in [0.4, 0.5) is 11.5 Å². The maximum atomic E-state index is 12.2. The average Bonchev–Trinajstić information content (AvgIpc) is 2.52. The number of benzene rings is 1. The van der Waals surface area contributed by atoms with Crippen LogP contribution in [0.5, 0.6) is 0 Å². The summed E-state index contributed by atoms with van der Waals surface area (Å²) < 4.78 is 0. The van der Waals surface area contributed by atoms with E-state index in [-0.39, 0.29) is 5.91 Å². The maximum Gasteiger partial charge on any atom is 0.276 e.